The van der Waals surface area contributed by atoms with Crippen molar-refractivity contribution in [3.05, 3.63) is 24.3 Å². The Bertz CT molecular complexity index is 976. The summed E-state index contributed by atoms with van der Waals surface area (Å²) in [4.78, 5) is 38.1. The quantitative estimate of drug-likeness (QED) is 0.0262. The number of carbonyl (C=O) groups excluding carboxylic acids is 3. The van der Waals surface area contributed by atoms with E-state index in [1.807, 2.05) is 0 Å². The molecule has 0 atom stereocenters. The van der Waals surface area contributed by atoms with Gasteiger partial charge in [-0.05, 0) is 70.6 Å². The van der Waals surface area contributed by atoms with Crippen LogP contribution in [0.25, 0.3) is 0 Å². The molecule has 0 N–H and O–H groups in total. The van der Waals surface area contributed by atoms with Crippen LogP contribution in [0.4, 0.5) is 0 Å². The van der Waals surface area contributed by atoms with Crippen LogP contribution in [0, 0.1) is 0 Å². The smallest absolute Gasteiger partial charge is 0.306 e. The summed E-state index contributed by atoms with van der Waals surface area (Å²) in [5, 5.41) is 0. The second-order valence-corrected chi connectivity index (χ2v) is 19.2. The normalized spacial score (nSPS) is 11.7. The Kier molecular flexibility index (Phi) is 51.7. The average Bonchev–Trinajstić information content (AvgIpc) is 3.29. The molecule has 0 unspecified atom stereocenters. The Morgan fingerprint density at radius 2 is 0.516 bits per heavy atom. The lowest BCUT2D eigenvalue weighted by molar-refractivity contribution is -0.167. The summed E-state index contributed by atoms with van der Waals surface area (Å²) in [7, 11) is 0. The van der Waals surface area contributed by atoms with E-state index in [9.17, 15) is 14.4 Å². The Morgan fingerprint density at radius 3 is 0.781 bits per heavy atom. The van der Waals surface area contributed by atoms with E-state index in [1.54, 1.807) is 0 Å². The minimum Gasteiger partial charge on any atom is -0.462 e. The number of hydrogen-bond donors (Lipinski definition) is 0. The van der Waals surface area contributed by atoms with Crippen molar-refractivity contribution in [2.75, 3.05) is 13.2 Å². The molecule has 0 amide bonds. The van der Waals surface area contributed by atoms with E-state index in [0.717, 1.165) is 57.8 Å². The van der Waals surface area contributed by atoms with Crippen LogP contribution in [0.15, 0.2) is 24.3 Å². The van der Waals surface area contributed by atoms with Gasteiger partial charge in [-0.3, -0.25) is 14.4 Å². The minimum atomic E-state index is -0.770. The standard InChI is InChI=1S/C58H108O6/c1-4-7-10-13-16-19-22-25-27-29-31-33-36-38-41-44-47-50-56(59)62-53-55(64-58(61)52-49-46-43-40-35-24-21-18-15-12-9-6-3)54-63-57(60)51-48-45-42-39-37-34-32-30-28-26-23-20-17-14-11-8-5-2/h25-28,55H,4-24,29-54H2,1-3H3/b27-25-,28-26-. The van der Waals surface area contributed by atoms with Gasteiger partial charge in [0.25, 0.3) is 0 Å². The van der Waals surface area contributed by atoms with Gasteiger partial charge in [-0.1, -0.05) is 244 Å². The van der Waals surface area contributed by atoms with Crippen molar-refractivity contribution in [1.82, 2.24) is 0 Å². The summed E-state index contributed by atoms with van der Waals surface area (Å²) in [5.41, 5.74) is 0. The third-order valence-electron chi connectivity index (χ3n) is 12.7. The zero-order valence-electron chi connectivity index (χ0n) is 43.1. The van der Waals surface area contributed by atoms with Crippen molar-refractivity contribution in [3.8, 4) is 0 Å². The van der Waals surface area contributed by atoms with E-state index >= 15 is 0 Å². The van der Waals surface area contributed by atoms with Crippen LogP contribution in [-0.4, -0.2) is 37.2 Å². The van der Waals surface area contributed by atoms with Gasteiger partial charge in [0.05, 0.1) is 0 Å². The maximum absolute atomic E-state index is 12.8. The zero-order valence-corrected chi connectivity index (χ0v) is 43.1. The first-order valence-corrected chi connectivity index (χ1v) is 28.3. The summed E-state index contributed by atoms with van der Waals surface area (Å²) >= 11 is 0. The average molecular weight is 901 g/mol. The minimum absolute atomic E-state index is 0.0708. The monoisotopic (exact) mass is 901 g/mol. The van der Waals surface area contributed by atoms with Gasteiger partial charge in [-0.2, -0.15) is 0 Å². The molecular weight excluding hydrogens is 793 g/mol. The van der Waals surface area contributed by atoms with E-state index in [-0.39, 0.29) is 31.1 Å². The zero-order chi connectivity index (χ0) is 46.5. The van der Waals surface area contributed by atoms with Crippen LogP contribution in [0.5, 0.6) is 0 Å². The van der Waals surface area contributed by atoms with Gasteiger partial charge in [0.2, 0.25) is 0 Å². The van der Waals surface area contributed by atoms with Crippen LogP contribution in [-0.2, 0) is 28.6 Å². The van der Waals surface area contributed by atoms with E-state index in [0.29, 0.717) is 19.3 Å². The Labute approximate surface area is 398 Å². The third kappa shape index (κ3) is 50.9. The van der Waals surface area contributed by atoms with Crippen LogP contribution in [0.3, 0.4) is 0 Å². The van der Waals surface area contributed by atoms with Crippen LogP contribution >= 0.6 is 0 Å². The summed E-state index contributed by atoms with van der Waals surface area (Å²) in [6, 6.07) is 0. The predicted molar refractivity (Wildman–Crippen MR) is 275 cm³/mol. The molecule has 0 aliphatic heterocycles. The van der Waals surface area contributed by atoms with Crippen molar-refractivity contribution in [2.24, 2.45) is 0 Å². The van der Waals surface area contributed by atoms with Crippen LogP contribution in [0.2, 0.25) is 0 Å². The second-order valence-electron chi connectivity index (χ2n) is 19.2. The first-order chi connectivity index (χ1) is 31.5. The molecule has 64 heavy (non-hydrogen) atoms. The number of ether oxygens (including phenoxy) is 3. The fourth-order valence-corrected chi connectivity index (χ4v) is 8.37. The topological polar surface area (TPSA) is 78.9 Å². The summed E-state index contributed by atoms with van der Waals surface area (Å²) in [6.45, 7) is 6.66. The molecule has 0 aliphatic rings. The number of rotatable bonds is 52. The van der Waals surface area contributed by atoms with E-state index in [2.05, 4.69) is 45.1 Å². The number of unbranched alkanes of at least 4 members (excludes halogenated alkanes) is 37. The van der Waals surface area contributed by atoms with Crippen LogP contribution < -0.4 is 0 Å². The van der Waals surface area contributed by atoms with E-state index < -0.39 is 6.10 Å². The van der Waals surface area contributed by atoms with Gasteiger partial charge in [0, 0.05) is 19.3 Å². The molecule has 6 heteroatoms. The highest BCUT2D eigenvalue weighted by atomic mass is 16.6. The molecule has 0 rings (SSSR count). The lowest BCUT2D eigenvalue weighted by atomic mass is 10.0. The molecule has 0 spiro atoms. The summed E-state index contributed by atoms with van der Waals surface area (Å²) < 4.78 is 16.9. The molecule has 0 saturated heterocycles. The first-order valence-electron chi connectivity index (χ1n) is 28.3. The van der Waals surface area contributed by atoms with Gasteiger partial charge in [-0.15, -0.1) is 0 Å². The fraction of sp³-hybridized carbons (Fsp3) is 0.879. The lowest BCUT2D eigenvalue weighted by Gasteiger charge is -2.18. The van der Waals surface area contributed by atoms with Crippen molar-refractivity contribution in [1.29, 1.82) is 0 Å². The van der Waals surface area contributed by atoms with Gasteiger partial charge >= 0.3 is 17.9 Å². The maximum Gasteiger partial charge on any atom is 0.306 e. The third-order valence-corrected chi connectivity index (χ3v) is 12.7. The Morgan fingerprint density at radius 1 is 0.297 bits per heavy atom. The highest BCUT2D eigenvalue weighted by molar-refractivity contribution is 5.71. The molecule has 0 aliphatic carbocycles. The highest BCUT2D eigenvalue weighted by Gasteiger charge is 2.19. The molecule has 0 aromatic heterocycles. The van der Waals surface area contributed by atoms with Gasteiger partial charge < -0.3 is 14.2 Å². The molecule has 0 bridgehead atoms. The molecule has 0 aromatic rings. The highest BCUT2D eigenvalue weighted by Crippen LogP contribution is 2.16. The number of allylic oxidation sites excluding steroid dienone is 4. The van der Waals surface area contributed by atoms with E-state index in [1.165, 1.54) is 212 Å². The van der Waals surface area contributed by atoms with Gasteiger partial charge in [-0.25, -0.2) is 0 Å². The molecule has 0 radical (unpaired) electrons. The molecule has 6 nitrogen and oxygen atoms in total. The predicted octanol–water partition coefficient (Wildman–Crippen LogP) is 18.7. The Balaban J connectivity index is 4.31. The molecule has 0 fully saturated rings. The summed E-state index contributed by atoms with van der Waals surface area (Å²) in [6.07, 6.45) is 61.6. The van der Waals surface area contributed by atoms with Gasteiger partial charge in [0.15, 0.2) is 6.10 Å². The van der Waals surface area contributed by atoms with Crippen molar-refractivity contribution in [2.45, 2.75) is 316 Å². The largest absolute Gasteiger partial charge is 0.462 e. The number of hydrogen-bond acceptors (Lipinski definition) is 6. The van der Waals surface area contributed by atoms with Gasteiger partial charge in [0.1, 0.15) is 13.2 Å². The van der Waals surface area contributed by atoms with Crippen molar-refractivity contribution >= 4 is 17.9 Å². The van der Waals surface area contributed by atoms with E-state index in [4.69, 9.17) is 14.2 Å². The second kappa shape index (κ2) is 53.5. The Hall–Kier alpha value is -2.11. The van der Waals surface area contributed by atoms with Crippen LogP contribution in [0.1, 0.15) is 310 Å². The lowest BCUT2D eigenvalue weighted by Crippen LogP contribution is -2.30. The van der Waals surface area contributed by atoms with Crippen molar-refractivity contribution < 1.29 is 28.6 Å². The SMILES string of the molecule is CCCCCCCC/C=C\CCCCCCCCCC(=O)OCC(COC(=O)CCCCCCCCC/C=C\CCCCCCCC)OC(=O)CCCCCCCCCCCCCC. The first kappa shape index (κ1) is 61.9. The number of carbonyl (C=O) groups is 3. The maximum atomic E-state index is 12.8. The molecule has 0 aromatic carbocycles. The molecule has 376 valence electrons. The summed E-state index contributed by atoms with van der Waals surface area (Å²) in [5.74, 6) is -0.861. The fourth-order valence-electron chi connectivity index (χ4n) is 8.37. The molecule has 0 heterocycles. The van der Waals surface area contributed by atoms with Crippen molar-refractivity contribution in [3.63, 3.8) is 0 Å². The number of esters is 3. The molecule has 0 saturated carbocycles. The molecular formula is C58H108O6.